The standard InChI is InChI=1S/C23H23FN4O.C22H21FN4O/c1-5-6-18-21-22(28(3)27-18)20(16-9-12-19(29-4)14(2)13-16)25-23(26-21)15-7-10-17(24)11-8-15;1-4-5-17-20-21(27(3)26-17)19(15-8-11-18(28)13(2)12-15)24-22(25-20)14-6-9-16(23)10-7-14/h7-13H,5-6H2,1-4H3;6-12,28H,4-5H2,1-3H3. The summed E-state index contributed by atoms with van der Waals surface area (Å²) in [7, 11) is 5.47. The van der Waals surface area contributed by atoms with Crippen molar-refractivity contribution in [2.24, 2.45) is 14.1 Å². The van der Waals surface area contributed by atoms with Crippen LogP contribution in [0.1, 0.15) is 49.2 Å². The van der Waals surface area contributed by atoms with Gasteiger partial charge in [-0.3, -0.25) is 9.36 Å². The van der Waals surface area contributed by atoms with E-state index in [0.717, 1.165) is 110 Å². The van der Waals surface area contributed by atoms with Gasteiger partial charge in [-0.2, -0.15) is 10.2 Å². The molecule has 0 saturated heterocycles. The maximum atomic E-state index is 13.4. The molecule has 4 aromatic heterocycles. The van der Waals surface area contributed by atoms with Crippen LogP contribution >= 0.6 is 0 Å². The summed E-state index contributed by atoms with van der Waals surface area (Å²) in [6, 6.07) is 23.8. The molecule has 0 amide bonds. The Bertz CT molecular complexity index is 2720. The lowest BCUT2D eigenvalue weighted by Gasteiger charge is -2.11. The van der Waals surface area contributed by atoms with Gasteiger partial charge in [-0.15, -0.1) is 0 Å². The molecule has 12 heteroatoms. The third kappa shape index (κ3) is 7.80. The number of nitrogens with zero attached hydrogens (tertiary/aromatic N) is 8. The van der Waals surface area contributed by atoms with Gasteiger partial charge < -0.3 is 9.84 Å². The highest BCUT2D eigenvalue weighted by Crippen LogP contribution is 2.35. The minimum absolute atomic E-state index is 0.240. The zero-order valence-electron chi connectivity index (χ0n) is 33.1. The number of phenolic OH excluding ortho intramolecular Hbond substituents is 1. The number of hydrogen-bond acceptors (Lipinski definition) is 8. The van der Waals surface area contributed by atoms with Crippen molar-refractivity contribution in [2.45, 2.75) is 53.4 Å². The second-order valence-electron chi connectivity index (χ2n) is 14.0. The number of phenols is 1. The molecule has 8 rings (SSSR count). The average Bonchev–Trinajstić information content (AvgIpc) is 3.70. The highest BCUT2D eigenvalue weighted by Gasteiger charge is 2.21. The largest absolute Gasteiger partial charge is 0.508 e. The lowest BCUT2D eigenvalue weighted by molar-refractivity contribution is 0.412. The van der Waals surface area contributed by atoms with Crippen molar-refractivity contribution in [1.29, 1.82) is 0 Å². The number of rotatable bonds is 9. The second-order valence-corrected chi connectivity index (χ2v) is 14.0. The van der Waals surface area contributed by atoms with Crippen molar-refractivity contribution >= 4 is 22.1 Å². The van der Waals surface area contributed by atoms with Gasteiger partial charge in [0.05, 0.1) is 18.5 Å². The summed E-state index contributed by atoms with van der Waals surface area (Å²) in [5.74, 6) is 1.57. The van der Waals surface area contributed by atoms with Crippen LogP contribution in [0.15, 0.2) is 84.9 Å². The quantitative estimate of drug-likeness (QED) is 0.154. The van der Waals surface area contributed by atoms with Crippen molar-refractivity contribution in [3.05, 3.63) is 119 Å². The molecule has 0 atom stereocenters. The minimum atomic E-state index is -0.299. The zero-order valence-corrected chi connectivity index (χ0v) is 33.1. The Kier molecular flexibility index (Phi) is 11.0. The maximum absolute atomic E-state index is 13.4. The molecule has 57 heavy (non-hydrogen) atoms. The molecule has 0 aliphatic carbocycles. The number of hydrogen-bond donors (Lipinski definition) is 1. The summed E-state index contributed by atoms with van der Waals surface area (Å²) >= 11 is 0. The number of halogens is 2. The summed E-state index contributed by atoms with van der Waals surface area (Å²) in [5, 5.41) is 19.3. The van der Waals surface area contributed by atoms with Gasteiger partial charge in [0, 0.05) is 36.3 Å². The van der Waals surface area contributed by atoms with E-state index >= 15 is 0 Å². The first-order chi connectivity index (χ1) is 27.5. The summed E-state index contributed by atoms with van der Waals surface area (Å²) in [6.45, 7) is 8.08. The fourth-order valence-electron chi connectivity index (χ4n) is 6.98. The van der Waals surface area contributed by atoms with Crippen LogP contribution in [0.25, 0.3) is 67.4 Å². The van der Waals surface area contributed by atoms with Gasteiger partial charge >= 0.3 is 0 Å². The Morgan fingerprint density at radius 3 is 1.40 bits per heavy atom. The van der Waals surface area contributed by atoms with E-state index in [4.69, 9.17) is 29.8 Å². The Morgan fingerprint density at radius 2 is 1.00 bits per heavy atom. The number of fused-ring (bicyclic) bond motifs is 2. The molecule has 290 valence electrons. The smallest absolute Gasteiger partial charge is 0.160 e. The molecule has 0 aliphatic rings. The number of aromatic hydroxyl groups is 1. The van der Waals surface area contributed by atoms with E-state index in [1.165, 1.54) is 24.3 Å². The van der Waals surface area contributed by atoms with Crippen LogP contribution in [0.4, 0.5) is 8.78 Å². The summed E-state index contributed by atoms with van der Waals surface area (Å²) < 4.78 is 35.9. The van der Waals surface area contributed by atoms with Crippen LogP contribution in [0.2, 0.25) is 0 Å². The van der Waals surface area contributed by atoms with Gasteiger partial charge in [-0.25, -0.2) is 28.7 Å². The fraction of sp³-hybridized carbons (Fsp3) is 0.244. The number of ether oxygens (including phenoxy) is 1. The molecule has 10 nitrogen and oxygen atoms in total. The Hall–Kier alpha value is -6.56. The van der Waals surface area contributed by atoms with E-state index in [2.05, 4.69) is 25.0 Å². The third-order valence-corrected chi connectivity index (χ3v) is 9.82. The number of aromatic nitrogens is 8. The molecule has 1 N–H and O–H groups in total. The van der Waals surface area contributed by atoms with E-state index in [1.807, 2.05) is 61.6 Å². The molecule has 0 saturated carbocycles. The van der Waals surface area contributed by atoms with Gasteiger partial charge in [-0.1, -0.05) is 26.7 Å². The van der Waals surface area contributed by atoms with E-state index in [0.29, 0.717) is 11.6 Å². The topological polar surface area (TPSA) is 117 Å². The second kappa shape index (κ2) is 16.3. The number of benzene rings is 4. The SMILES string of the molecule is CCCc1nn(C)c2c(-c3ccc(O)c(C)c3)nc(-c3ccc(F)cc3)nc12.CCCc1nn(C)c2c(-c3ccc(OC)c(C)c3)nc(-c3ccc(F)cc3)nc12. The number of aryl methyl sites for hydroxylation is 6. The van der Waals surface area contributed by atoms with Crippen LogP contribution in [-0.2, 0) is 26.9 Å². The molecule has 4 heterocycles. The predicted molar refractivity (Wildman–Crippen MR) is 220 cm³/mol. The van der Waals surface area contributed by atoms with Gasteiger partial charge in [0.25, 0.3) is 0 Å². The van der Waals surface area contributed by atoms with Gasteiger partial charge in [0.15, 0.2) is 11.6 Å². The monoisotopic (exact) mass is 766 g/mol. The summed E-state index contributed by atoms with van der Waals surface area (Å²) in [5.41, 5.74) is 11.9. The highest BCUT2D eigenvalue weighted by atomic mass is 19.1. The van der Waals surface area contributed by atoms with Crippen molar-refractivity contribution in [2.75, 3.05) is 7.11 Å². The maximum Gasteiger partial charge on any atom is 0.160 e. The molecule has 0 unspecified atom stereocenters. The van der Waals surface area contributed by atoms with Crippen LogP contribution in [0.5, 0.6) is 11.5 Å². The van der Waals surface area contributed by atoms with Gasteiger partial charge in [0.1, 0.15) is 56.6 Å². The molecule has 0 aliphatic heterocycles. The zero-order chi connectivity index (χ0) is 40.4. The molecular formula is C45H44F2N8O2. The lowest BCUT2D eigenvalue weighted by Crippen LogP contribution is -1.99. The minimum Gasteiger partial charge on any atom is -0.508 e. The van der Waals surface area contributed by atoms with Crippen molar-refractivity contribution in [1.82, 2.24) is 39.5 Å². The van der Waals surface area contributed by atoms with Crippen LogP contribution in [0, 0.1) is 25.5 Å². The van der Waals surface area contributed by atoms with Crippen molar-refractivity contribution in [3.8, 4) is 56.8 Å². The Morgan fingerprint density at radius 1 is 0.579 bits per heavy atom. The predicted octanol–water partition coefficient (Wildman–Crippen LogP) is 9.91. The molecular weight excluding hydrogens is 723 g/mol. The van der Waals surface area contributed by atoms with Crippen LogP contribution < -0.4 is 4.74 Å². The first-order valence-corrected chi connectivity index (χ1v) is 18.9. The van der Waals surface area contributed by atoms with E-state index < -0.39 is 0 Å². The molecule has 0 spiro atoms. The van der Waals surface area contributed by atoms with E-state index in [1.54, 1.807) is 37.4 Å². The molecule has 0 fully saturated rings. The van der Waals surface area contributed by atoms with Gasteiger partial charge in [0.2, 0.25) is 0 Å². The first kappa shape index (κ1) is 38.7. The molecule has 0 bridgehead atoms. The first-order valence-electron chi connectivity index (χ1n) is 18.9. The number of methoxy groups -OCH3 is 1. The lowest BCUT2D eigenvalue weighted by atomic mass is 10.1. The Labute approximate surface area is 329 Å². The summed E-state index contributed by atoms with van der Waals surface area (Å²) in [4.78, 5) is 19.3. The third-order valence-electron chi connectivity index (χ3n) is 9.82. The highest BCUT2D eigenvalue weighted by molar-refractivity contribution is 5.94. The van der Waals surface area contributed by atoms with E-state index in [-0.39, 0.29) is 17.4 Å². The fourth-order valence-corrected chi connectivity index (χ4v) is 6.98. The van der Waals surface area contributed by atoms with Crippen molar-refractivity contribution < 1.29 is 18.6 Å². The normalized spacial score (nSPS) is 11.2. The summed E-state index contributed by atoms with van der Waals surface area (Å²) in [6.07, 6.45) is 3.57. The molecule has 0 radical (unpaired) electrons. The van der Waals surface area contributed by atoms with Crippen LogP contribution in [0.3, 0.4) is 0 Å². The van der Waals surface area contributed by atoms with Crippen molar-refractivity contribution in [3.63, 3.8) is 0 Å². The Balaban J connectivity index is 0.000000174. The van der Waals surface area contributed by atoms with Gasteiger partial charge in [-0.05, 0) is 123 Å². The average molecular weight is 767 g/mol. The molecule has 8 aromatic rings. The van der Waals surface area contributed by atoms with Crippen LogP contribution in [-0.4, -0.2) is 51.7 Å². The molecule has 4 aromatic carbocycles. The van der Waals surface area contributed by atoms with E-state index in [9.17, 15) is 13.9 Å².